The standard InChI is InChI=1S/C21H33NO/c1-22(20(23)9-19-8-14-2-3-18(19)7-14)13-21-10-15-4-16(11-21)6-17(5-15)12-21/h14-19H,2-13H2,1H3/t14-,15?,16?,17?,18-,19-,21?/m1/s1. The molecule has 0 aliphatic heterocycles. The zero-order chi connectivity index (χ0) is 15.6. The van der Waals surface area contributed by atoms with E-state index in [-0.39, 0.29) is 0 Å². The summed E-state index contributed by atoms with van der Waals surface area (Å²) in [6.45, 7) is 1.07. The second-order valence-corrected chi connectivity index (χ2v) is 10.3. The van der Waals surface area contributed by atoms with Crippen LogP contribution in [0.1, 0.15) is 70.6 Å². The van der Waals surface area contributed by atoms with Gasteiger partial charge in [-0.15, -0.1) is 0 Å². The minimum absolute atomic E-state index is 0.457. The molecule has 0 aromatic heterocycles. The molecule has 6 aliphatic rings. The SMILES string of the molecule is CN(CC12CC3CC(CC(C3)C1)C2)C(=O)C[C@H]1C[C@@H]2CC[C@@H]1C2. The number of hydrogen-bond acceptors (Lipinski definition) is 1. The van der Waals surface area contributed by atoms with Crippen LogP contribution in [-0.4, -0.2) is 24.4 Å². The molecule has 6 bridgehead atoms. The first-order valence-corrected chi connectivity index (χ1v) is 10.3. The molecule has 6 rings (SSSR count). The van der Waals surface area contributed by atoms with E-state index < -0.39 is 0 Å². The summed E-state index contributed by atoms with van der Waals surface area (Å²) in [5.74, 6) is 6.02. The Morgan fingerprint density at radius 3 is 2.09 bits per heavy atom. The smallest absolute Gasteiger partial charge is 0.222 e. The van der Waals surface area contributed by atoms with Gasteiger partial charge in [0.2, 0.25) is 5.91 Å². The van der Waals surface area contributed by atoms with Crippen LogP contribution < -0.4 is 0 Å². The van der Waals surface area contributed by atoms with Gasteiger partial charge in [-0.05, 0) is 98.7 Å². The predicted octanol–water partition coefficient (Wildman–Crippen LogP) is 4.49. The Morgan fingerprint density at radius 1 is 0.913 bits per heavy atom. The van der Waals surface area contributed by atoms with Crippen molar-refractivity contribution in [2.45, 2.75) is 70.6 Å². The second-order valence-electron chi connectivity index (χ2n) is 10.3. The molecule has 1 amide bonds. The molecule has 128 valence electrons. The van der Waals surface area contributed by atoms with Gasteiger partial charge in [0.25, 0.3) is 0 Å². The fourth-order valence-electron chi connectivity index (χ4n) is 8.08. The van der Waals surface area contributed by atoms with Gasteiger partial charge in [-0.3, -0.25) is 4.79 Å². The van der Waals surface area contributed by atoms with Crippen molar-refractivity contribution in [2.75, 3.05) is 13.6 Å². The molecular weight excluding hydrogens is 282 g/mol. The zero-order valence-corrected chi connectivity index (χ0v) is 14.8. The van der Waals surface area contributed by atoms with Crippen LogP contribution in [0.4, 0.5) is 0 Å². The summed E-state index contributed by atoms with van der Waals surface area (Å²) in [6.07, 6.45) is 15.2. The molecule has 0 N–H and O–H groups in total. The van der Waals surface area contributed by atoms with Crippen LogP contribution in [0.25, 0.3) is 0 Å². The van der Waals surface area contributed by atoms with Crippen LogP contribution in [0.15, 0.2) is 0 Å². The van der Waals surface area contributed by atoms with Gasteiger partial charge in [-0.1, -0.05) is 6.42 Å². The van der Waals surface area contributed by atoms with E-state index in [0.717, 1.165) is 48.5 Å². The summed E-state index contributed by atoms with van der Waals surface area (Å²) in [7, 11) is 2.11. The molecule has 0 aromatic carbocycles. The molecule has 6 fully saturated rings. The largest absolute Gasteiger partial charge is 0.345 e. The lowest BCUT2D eigenvalue weighted by atomic mass is 9.49. The maximum atomic E-state index is 12.8. The topological polar surface area (TPSA) is 20.3 Å². The van der Waals surface area contributed by atoms with E-state index in [1.54, 1.807) is 0 Å². The number of rotatable bonds is 4. The highest BCUT2D eigenvalue weighted by atomic mass is 16.2. The van der Waals surface area contributed by atoms with Crippen molar-refractivity contribution in [3.8, 4) is 0 Å². The highest BCUT2D eigenvalue weighted by Crippen LogP contribution is 2.60. The van der Waals surface area contributed by atoms with Crippen molar-refractivity contribution in [1.29, 1.82) is 0 Å². The average Bonchev–Trinajstić information content (AvgIpc) is 3.07. The monoisotopic (exact) mass is 315 g/mol. The first-order valence-electron chi connectivity index (χ1n) is 10.3. The van der Waals surface area contributed by atoms with Gasteiger partial charge in [0, 0.05) is 20.0 Å². The zero-order valence-electron chi connectivity index (χ0n) is 14.8. The van der Waals surface area contributed by atoms with Crippen LogP contribution in [0, 0.1) is 40.9 Å². The van der Waals surface area contributed by atoms with Gasteiger partial charge in [-0.25, -0.2) is 0 Å². The number of nitrogens with zero attached hydrogens (tertiary/aromatic N) is 1. The summed E-state index contributed by atoms with van der Waals surface area (Å²) in [6, 6.07) is 0. The number of carbonyl (C=O) groups excluding carboxylic acids is 1. The Labute approximate surface area is 141 Å². The van der Waals surface area contributed by atoms with Gasteiger partial charge in [0.1, 0.15) is 0 Å². The van der Waals surface area contributed by atoms with E-state index >= 15 is 0 Å². The molecule has 6 saturated carbocycles. The Balaban J connectivity index is 1.21. The molecule has 0 unspecified atom stereocenters. The van der Waals surface area contributed by atoms with Gasteiger partial charge in [-0.2, -0.15) is 0 Å². The Hall–Kier alpha value is -0.530. The van der Waals surface area contributed by atoms with Gasteiger partial charge in [0.05, 0.1) is 0 Å². The van der Waals surface area contributed by atoms with Crippen LogP contribution >= 0.6 is 0 Å². The molecule has 2 heteroatoms. The van der Waals surface area contributed by atoms with E-state index in [2.05, 4.69) is 11.9 Å². The summed E-state index contributed by atoms with van der Waals surface area (Å²) >= 11 is 0. The van der Waals surface area contributed by atoms with E-state index in [0.29, 0.717) is 11.3 Å². The van der Waals surface area contributed by atoms with Crippen LogP contribution in [0.5, 0.6) is 0 Å². The van der Waals surface area contributed by atoms with Crippen molar-refractivity contribution in [1.82, 2.24) is 4.90 Å². The maximum absolute atomic E-state index is 12.8. The lowest BCUT2D eigenvalue weighted by Gasteiger charge is -2.57. The summed E-state index contributed by atoms with van der Waals surface area (Å²) < 4.78 is 0. The number of carbonyl (C=O) groups is 1. The first kappa shape index (κ1) is 14.8. The quantitative estimate of drug-likeness (QED) is 0.748. The molecule has 0 spiro atoms. The van der Waals surface area contributed by atoms with E-state index in [4.69, 9.17) is 0 Å². The molecule has 0 saturated heterocycles. The van der Waals surface area contributed by atoms with Crippen LogP contribution in [0.2, 0.25) is 0 Å². The fraction of sp³-hybridized carbons (Fsp3) is 0.952. The molecule has 23 heavy (non-hydrogen) atoms. The Kier molecular flexibility index (Phi) is 3.36. The van der Waals surface area contributed by atoms with Crippen molar-refractivity contribution in [3.05, 3.63) is 0 Å². The summed E-state index contributed by atoms with van der Waals surface area (Å²) in [4.78, 5) is 15.0. The fourth-order valence-corrected chi connectivity index (χ4v) is 8.08. The third-order valence-electron chi connectivity index (χ3n) is 8.48. The molecule has 0 radical (unpaired) electrons. The Morgan fingerprint density at radius 2 is 1.57 bits per heavy atom. The summed E-state index contributed by atoms with van der Waals surface area (Å²) in [5.41, 5.74) is 0.508. The normalized spacial score (nSPS) is 49.8. The number of fused-ring (bicyclic) bond motifs is 2. The Bertz CT molecular complexity index is 463. The molecule has 3 atom stereocenters. The lowest BCUT2D eigenvalue weighted by molar-refractivity contribution is -0.136. The third kappa shape index (κ3) is 2.55. The van der Waals surface area contributed by atoms with Crippen LogP contribution in [0.3, 0.4) is 0 Å². The highest BCUT2D eigenvalue weighted by molar-refractivity contribution is 5.76. The average molecular weight is 316 g/mol. The van der Waals surface area contributed by atoms with Crippen molar-refractivity contribution < 1.29 is 4.79 Å². The van der Waals surface area contributed by atoms with E-state index in [9.17, 15) is 4.79 Å². The molecule has 6 aliphatic carbocycles. The highest BCUT2D eigenvalue weighted by Gasteiger charge is 2.51. The first-order chi connectivity index (χ1) is 11.1. The lowest BCUT2D eigenvalue weighted by Crippen LogP contribution is -2.51. The minimum Gasteiger partial charge on any atom is -0.345 e. The number of amides is 1. The van der Waals surface area contributed by atoms with Gasteiger partial charge in [0.15, 0.2) is 0 Å². The van der Waals surface area contributed by atoms with E-state index in [1.165, 1.54) is 64.2 Å². The number of hydrogen-bond donors (Lipinski definition) is 0. The molecule has 0 aromatic rings. The van der Waals surface area contributed by atoms with Crippen molar-refractivity contribution in [3.63, 3.8) is 0 Å². The van der Waals surface area contributed by atoms with E-state index in [1.807, 2.05) is 0 Å². The molecule has 2 nitrogen and oxygen atoms in total. The maximum Gasteiger partial charge on any atom is 0.222 e. The second kappa shape index (κ2) is 5.23. The molecule has 0 heterocycles. The van der Waals surface area contributed by atoms with Crippen LogP contribution in [-0.2, 0) is 4.79 Å². The van der Waals surface area contributed by atoms with Crippen molar-refractivity contribution >= 4 is 5.91 Å². The van der Waals surface area contributed by atoms with Crippen molar-refractivity contribution in [2.24, 2.45) is 40.9 Å². The van der Waals surface area contributed by atoms with Gasteiger partial charge < -0.3 is 4.90 Å². The predicted molar refractivity (Wildman–Crippen MR) is 91.8 cm³/mol. The minimum atomic E-state index is 0.457. The summed E-state index contributed by atoms with van der Waals surface area (Å²) in [5, 5.41) is 0. The molecular formula is C21H33NO. The van der Waals surface area contributed by atoms with Gasteiger partial charge >= 0.3 is 0 Å². The third-order valence-corrected chi connectivity index (χ3v) is 8.48.